The van der Waals surface area contributed by atoms with Crippen LogP contribution in [0.15, 0.2) is 42.5 Å². The first-order valence-corrected chi connectivity index (χ1v) is 9.52. The smallest absolute Gasteiger partial charge is 0.246 e. The van der Waals surface area contributed by atoms with Gasteiger partial charge >= 0.3 is 0 Å². The number of hydrogen-bond donors (Lipinski definition) is 1. The highest BCUT2D eigenvalue weighted by molar-refractivity contribution is 5.92. The third-order valence-corrected chi connectivity index (χ3v) is 5.01. The third-order valence-electron chi connectivity index (χ3n) is 5.01. The topological polar surface area (TPSA) is 65.5 Å². The number of amides is 2. The first-order valence-electron chi connectivity index (χ1n) is 9.52. The van der Waals surface area contributed by atoms with Crippen LogP contribution >= 0.6 is 0 Å². The fourth-order valence-corrected chi connectivity index (χ4v) is 3.27. The summed E-state index contributed by atoms with van der Waals surface area (Å²) in [5.74, 6) is 0.0894. The first-order chi connectivity index (χ1) is 13.2. The van der Waals surface area contributed by atoms with Gasteiger partial charge < -0.3 is 10.2 Å². The predicted molar refractivity (Wildman–Crippen MR) is 105 cm³/mol. The number of nitrogens with one attached hydrogen (secondary N) is 1. The van der Waals surface area contributed by atoms with E-state index in [0.29, 0.717) is 25.7 Å². The normalized spacial score (nSPS) is 18.1. The number of pyridine rings is 1. The van der Waals surface area contributed by atoms with Gasteiger partial charge in [-0.2, -0.15) is 0 Å². The maximum absolute atomic E-state index is 12.4. The molecule has 0 radical (unpaired) electrons. The van der Waals surface area contributed by atoms with Crippen molar-refractivity contribution in [3.63, 3.8) is 0 Å². The van der Waals surface area contributed by atoms with Gasteiger partial charge in [0.1, 0.15) is 0 Å². The van der Waals surface area contributed by atoms with Gasteiger partial charge in [-0.05, 0) is 31.1 Å². The Balaban J connectivity index is 1.28. The molecule has 1 aromatic carbocycles. The Morgan fingerprint density at radius 3 is 2.63 bits per heavy atom. The van der Waals surface area contributed by atoms with Crippen LogP contribution in [0.1, 0.15) is 18.5 Å². The molecule has 6 heteroatoms. The summed E-state index contributed by atoms with van der Waals surface area (Å²) in [6.07, 6.45) is 5.57. The number of hydrogen-bond acceptors (Lipinski definition) is 4. The molecule has 2 fully saturated rings. The van der Waals surface area contributed by atoms with Crippen molar-refractivity contribution in [1.29, 1.82) is 0 Å². The van der Waals surface area contributed by atoms with Crippen molar-refractivity contribution in [2.75, 3.05) is 32.7 Å². The molecule has 140 valence electrons. The Morgan fingerprint density at radius 2 is 1.85 bits per heavy atom. The fourth-order valence-electron chi connectivity index (χ4n) is 3.27. The molecular weight excluding hydrogens is 340 g/mol. The number of fused-ring (bicyclic) bond motifs is 1. The van der Waals surface area contributed by atoms with Crippen molar-refractivity contribution in [3.8, 4) is 0 Å². The van der Waals surface area contributed by atoms with Gasteiger partial charge in [-0.25, -0.2) is 4.98 Å². The molecule has 1 saturated heterocycles. The van der Waals surface area contributed by atoms with Gasteiger partial charge in [0.15, 0.2) is 0 Å². The van der Waals surface area contributed by atoms with E-state index in [9.17, 15) is 9.59 Å². The molecule has 27 heavy (non-hydrogen) atoms. The summed E-state index contributed by atoms with van der Waals surface area (Å²) in [7, 11) is 0. The molecule has 2 aliphatic rings. The summed E-state index contributed by atoms with van der Waals surface area (Å²) >= 11 is 0. The Bertz CT molecular complexity index is 867. The van der Waals surface area contributed by atoms with Crippen LogP contribution in [-0.2, 0) is 9.59 Å². The lowest BCUT2D eigenvalue weighted by Gasteiger charge is -2.33. The molecule has 2 aromatic rings. The quantitative estimate of drug-likeness (QED) is 0.820. The lowest BCUT2D eigenvalue weighted by Crippen LogP contribution is -2.51. The van der Waals surface area contributed by atoms with E-state index in [2.05, 4.69) is 15.2 Å². The Morgan fingerprint density at radius 1 is 1.07 bits per heavy atom. The van der Waals surface area contributed by atoms with E-state index in [-0.39, 0.29) is 11.8 Å². The molecule has 4 rings (SSSR count). The first kappa shape index (κ1) is 17.7. The molecule has 1 aliphatic heterocycles. The van der Waals surface area contributed by atoms with Crippen LogP contribution in [0.25, 0.3) is 17.0 Å². The van der Waals surface area contributed by atoms with E-state index in [1.807, 2.05) is 41.3 Å². The summed E-state index contributed by atoms with van der Waals surface area (Å²) in [6, 6.07) is 12.3. The van der Waals surface area contributed by atoms with Crippen LogP contribution in [0, 0.1) is 0 Å². The number of carbonyl (C=O) groups excluding carboxylic acids is 2. The molecule has 2 amide bonds. The fraction of sp³-hybridized carbons (Fsp3) is 0.381. The molecule has 1 aromatic heterocycles. The summed E-state index contributed by atoms with van der Waals surface area (Å²) in [4.78, 5) is 32.8. The highest BCUT2D eigenvalue weighted by Crippen LogP contribution is 2.18. The lowest BCUT2D eigenvalue weighted by atomic mass is 10.2. The van der Waals surface area contributed by atoms with Gasteiger partial charge in [-0.3, -0.25) is 14.5 Å². The number of aromatic nitrogens is 1. The van der Waals surface area contributed by atoms with E-state index in [1.165, 1.54) is 0 Å². The van der Waals surface area contributed by atoms with Gasteiger partial charge in [-0.15, -0.1) is 0 Å². The monoisotopic (exact) mass is 364 g/mol. The second-order valence-electron chi connectivity index (χ2n) is 7.21. The molecule has 0 spiro atoms. The van der Waals surface area contributed by atoms with Gasteiger partial charge in [0.25, 0.3) is 0 Å². The number of rotatable bonds is 5. The molecule has 1 aliphatic carbocycles. The van der Waals surface area contributed by atoms with Gasteiger partial charge in [-0.1, -0.05) is 24.3 Å². The van der Waals surface area contributed by atoms with Gasteiger partial charge in [0.05, 0.1) is 17.8 Å². The minimum absolute atomic E-state index is 0.00737. The minimum Gasteiger partial charge on any atom is -0.352 e. The standard InChI is InChI=1S/C21H24N4O2/c26-20(23-18-7-8-18)15-24-11-13-25(14-12-24)21(27)10-9-17-6-5-16-3-1-2-4-19(16)22-17/h1-6,9-10,18H,7-8,11-15H2,(H,23,26)/b10-9+. The highest BCUT2D eigenvalue weighted by atomic mass is 16.2. The highest BCUT2D eigenvalue weighted by Gasteiger charge is 2.25. The number of carbonyl (C=O) groups is 2. The zero-order valence-electron chi connectivity index (χ0n) is 15.3. The van der Waals surface area contributed by atoms with Gasteiger partial charge in [0, 0.05) is 43.7 Å². The van der Waals surface area contributed by atoms with Crippen LogP contribution in [-0.4, -0.2) is 65.4 Å². The number of piperazine rings is 1. The Labute approximate surface area is 158 Å². The van der Waals surface area contributed by atoms with Crippen molar-refractivity contribution in [1.82, 2.24) is 20.1 Å². The van der Waals surface area contributed by atoms with Crippen LogP contribution in [0.4, 0.5) is 0 Å². The second kappa shape index (κ2) is 7.88. The van der Waals surface area contributed by atoms with Crippen LogP contribution in [0.3, 0.4) is 0 Å². The second-order valence-corrected chi connectivity index (χ2v) is 7.21. The van der Waals surface area contributed by atoms with Crippen molar-refractivity contribution in [2.45, 2.75) is 18.9 Å². The van der Waals surface area contributed by atoms with Crippen molar-refractivity contribution in [3.05, 3.63) is 48.2 Å². The molecule has 6 nitrogen and oxygen atoms in total. The van der Waals surface area contributed by atoms with E-state index < -0.39 is 0 Å². The van der Waals surface area contributed by atoms with E-state index in [0.717, 1.165) is 42.5 Å². The zero-order valence-corrected chi connectivity index (χ0v) is 15.3. The van der Waals surface area contributed by atoms with E-state index >= 15 is 0 Å². The Hall–Kier alpha value is -2.73. The summed E-state index contributed by atoms with van der Waals surface area (Å²) < 4.78 is 0. The summed E-state index contributed by atoms with van der Waals surface area (Å²) in [5, 5.41) is 4.09. The maximum atomic E-state index is 12.4. The molecule has 0 bridgehead atoms. The van der Waals surface area contributed by atoms with E-state index in [1.54, 1.807) is 12.2 Å². The molecule has 0 unspecified atom stereocenters. The molecular formula is C21H24N4O2. The molecule has 1 saturated carbocycles. The minimum atomic E-state index is -0.00737. The van der Waals surface area contributed by atoms with Crippen molar-refractivity contribution >= 4 is 28.8 Å². The number of benzene rings is 1. The molecule has 0 atom stereocenters. The average molecular weight is 364 g/mol. The van der Waals surface area contributed by atoms with Crippen LogP contribution in [0.5, 0.6) is 0 Å². The SMILES string of the molecule is O=C(CN1CCN(C(=O)/C=C/c2ccc3ccccc3n2)CC1)NC1CC1. The maximum Gasteiger partial charge on any atom is 0.246 e. The zero-order chi connectivity index (χ0) is 18.6. The lowest BCUT2D eigenvalue weighted by molar-refractivity contribution is -0.128. The van der Waals surface area contributed by atoms with Gasteiger partial charge in [0.2, 0.25) is 11.8 Å². The van der Waals surface area contributed by atoms with Crippen molar-refractivity contribution in [2.24, 2.45) is 0 Å². The average Bonchev–Trinajstić information content (AvgIpc) is 3.50. The predicted octanol–water partition coefficient (Wildman–Crippen LogP) is 1.67. The third kappa shape index (κ3) is 4.71. The summed E-state index contributed by atoms with van der Waals surface area (Å²) in [6.45, 7) is 3.17. The van der Waals surface area contributed by atoms with E-state index in [4.69, 9.17) is 0 Å². The number of nitrogens with zero attached hydrogens (tertiary/aromatic N) is 3. The van der Waals surface area contributed by atoms with Crippen LogP contribution in [0.2, 0.25) is 0 Å². The molecule has 1 N–H and O–H groups in total. The summed E-state index contributed by atoms with van der Waals surface area (Å²) in [5.41, 5.74) is 1.70. The van der Waals surface area contributed by atoms with Crippen LogP contribution < -0.4 is 5.32 Å². The molecule has 2 heterocycles. The Kier molecular flexibility index (Phi) is 5.16. The van der Waals surface area contributed by atoms with Crippen molar-refractivity contribution < 1.29 is 9.59 Å². The number of para-hydroxylation sites is 1. The largest absolute Gasteiger partial charge is 0.352 e.